The summed E-state index contributed by atoms with van der Waals surface area (Å²) in [6.07, 6.45) is 1.68. The molecule has 0 radical (unpaired) electrons. The van der Waals surface area contributed by atoms with Crippen molar-refractivity contribution in [2.45, 2.75) is 13.5 Å². The highest BCUT2D eigenvalue weighted by Crippen LogP contribution is 2.23. The number of carbonyl (C=O) groups is 1. The molecule has 1 saturated heterocycles. The third kappa shape index (κ3) is 3.68. The molecule has 5 nitrogen and oxygen atoms in total. The third-order valence-corrected chi connectivity index (χ3v) is 4.42. The van der Waals surface area contributed by atoms with E-state index in [4.69, 9.17) is 0 Å². The summed E-state index contributed by atoms with van der Waals surface area (Å²) in [5.41, 5.74) is 1.82. The molecule has 1 fully saturated rings. The van der Waals surface area contributed by atoms with E-state index in [9.17, 15) is 9.18 Å². The van der Waals surface area contributed by atoms with Crippen LogP contribution in [0.2, 0.25) is 0 Å². The van der Waals surface area contributed by atoms with E-state index in [0.717, 1.165) is 5.69 Å². The van der Waals surface area contributed by atoms with Gasteiger partial charge in [-0.05, 0) is 25.1 Å². The second kappa shape index (κ2) is 7.35. The van der Waals surface area contributed by atoms with E-state index in [0.29, 0.717) is 16.4 Å². The van der Waals surface area contributed by atoms with Crippen LogP contribution in [-0.2, 0) is 11.3 Å². The molecule has 7 heteroatoms. The monoisotopic (exact) mass is 342 g/mol. The second-order valence-corrected chi connectivity index (χ2v) is 6.09. The maximum absolute atomic E-state index is 13.8. The second-order valence-electron chi connectivity index (χ2n) is 5.14. The number of amides is 1. The molecule has 24 heavy (non-hydrogen) atoms. The number of hydrogen-bond acceptors (Lipinski definition) is 5. The molecule has 1 aliphatic rings. The molecular formula is C17H15FN4OS. The first-order chi connectivity index (χ1) is 11.6. The Labute approximate surface area is 143 Å². The first-order valence-corrected chi connectivity index (χ1v) is 8.34. The number of nitrogens with zero attached hydrogens (tertiary/aromatic N) is 4. The van der Waals surface area contributed by atoms with Crippen molar-refractivity contribution in [3.63, 3.8) is 0 Å². The quantitative estimate of drug-likeness (QED) is 0.634. The summed E-state index contributed by atoms with van der Waals surface area (Å²) >= 11 is 1.30. The standard InChI is InChI=1S/C17H15FN4OS/c1-12(15-8-4-5-9-19-15)20-21-17-22(16(23)11-24-17)10-13-6-2-3-7-14(13)18/h2-9H,10-11H2,1H3/b20-12+,21-17-. The Balaban J connectivity index is 1.81. The van der Waals surface area contributed by atoms with Crippen LogP contribution in [0.1, 0.15) is 18.2 Å². The fourth-order valence-corrected chi connectivity index (χ4v) is 3.00. The van der Waals surface area contributed by atoms with Gasteiger partial charge in [-0.15, -0.1) is 5.10 Å². The molecule has 0 unspecified atom stereocenters. The number of benzene rings is 1. The van der Waals surface area contributed by atoms with Crippen LogP contribution in [0.15, 0.2) is 58.9 Å². The van der Waals surface area contributed by atoms with Gasteiger partial charge < -0.3 is 0 Å². The summed E-state index contributed by atoms with van der Waals surface area (Å²) < 4.78 is 13.8. The lowest BCUT2D eigenvalue weighted by molar-refractivity contribution is -0.124. The number of halogens is 1. The molecule has 0 N–H and O–H groups in total. The third-order valence-electron chi connectivity index (χ3n) is 3.46. The minimum atomic E-state index is -0.338. The van der Waals surface area contributed by atoms with Gasteiger partial charge in [0.1, 0.15) is 5.82 Å². The van der Waals surface area contributed by atoms with Gasteiger partial charge in [-0.1, -0.05) is 36.0 Å². The first-order valence-electron chi connectivity index (χ1n) is 7.35. The molecule has 0 bridgehead atoms. The van der Waals surface area contributed by atoms with Crippen LogP contribution >= 0.6 is 11.8 Å². The van der Waals surface area contributed by atoms with Crippen LogP contribution < -0.4 is 0 Å². The molecular weight excluding hydrogens is 327 g/mol. The number of aromatic nitrogens is 1. The topological polar surface area (TPSA) is 57.9 Å². The predicted octanol–water partition coefficient (Wildman–Crippen LogP) is 3.08. The van der Waals surface area contributed by atoms with E-state index in [2.05, 4.69) is 15.2 Å². The van der Waals surface area contributed by atoms with Crippen LogP contribution in [0, 0.1) is 5.82 Å². The minimum absolute atomic E-state index is 0.104. The molecule has 1 aromatic heterocycles. The molecule has 1 aromatic carbocycles. The Morgan fingerprint density at radius 1 is 1.29 bits per heavy atom. The highest BCUT2D eigenvalue weighted by molar-refractivity contribution is 8.15. The molecule has 3 rings (SSSR count). The van der Waals surface area contributed by atoms with Gasteiger partial charge >= 0.3 is 0 Å². The Bertz CT molecular complexity index is 807. The summed E-state index contributed by atoms with van der Waals surface area (Å²) in [7, 11) is 0. The largest absolute Gasteiger partial charge is 0.285 e. The lowest BCUT2D eigenvalue weighted by Crippen LogP contribution is -2.29. The molecule has 2 heterocycles. The van der Waals surface area contributed by atoms with Gasteiger partial charge in [0.15, 0.2) is 5.17 Å². The number of pyridine rings is 1. The fourth-order valence-electron chi connectivity index (χ4n) is 2.17. The minimum Gasteiger partial charge on any atom is -0.285 e. The van der Waals surface area contributed by atoms with Crippen molar-refractivity contribution >= 4 is 28.5 Å². The average molecular weight is 342 g/mol. The number of thioether (sulfide) groups is 1. The molecule has 0 atom stereocenters. The average Bonchev–Trinajstić information content (AvgIpc) is 2.95. The highest BCUT2D eigenvalue weighted by atomic mass is 32.2. The number of amidine groups is 1. The van der Waals surface area contributed by atoms with Gasteiger partial charge in [-0.3, -0.25) is 14.7 Å². The van der Waals surface area contributed by atoms with Crippen LogP contribution in [-0.4, -0.2) is 32.4 Å². The smallest absolute Gasteiger partial charge is 0.239 e. The molecule has 0 aliphatic carbocycles. The van der Waals surface area contributed by atoms with Crippen LogP contribution in [0.3, 0.4) is 0 Å². The van der Waals surface area contributed by atoms with Gasteiger partial charge in [0, 0.05) is 11.8 Å². The summed E-state index contributed by atoms with van der Waals surface area (Å²) in [6, 6.07) is 11.9. The molecule has 1 amide bonds. The molecule has 2 aromatic rings. The van der Waals surface area contributed by atoms with Crippen molar-refractivity contribution in [1.29, 1.82) is 0 Å². The van der Waals surface area contributed by atoms with Crippen LogP contribution in [0.4, 0.5) is 4.39 Å². The van der Waals surface area contributed by atoms with Crippen molar-refractivity contribution < 1.29 is 9.18 Å². The SMILES string of the molecule is C/C(=N\N=C1/SCC(=O)N1Cc1ccccc1F)c1ccccn1. The summed E-state index contributed by atoms with van der Waals surface area (Å²) in [5.74, 6) is -0.159. The Hall–Kier alpha value is -2.54. The number of carbonyl (C=O) groups excluding carboxylic acids is 1. The van der Waals surface area contributed by atoms with E-state index < -0.39 is 0 Å². The normalized spacial score (nSPS) is 16.9. The van der Waals surface area contributed by atoms with Gasteiger partial charge in [0.05, 0.1) is 23.7 Å². The predicted molar refractivity (Wildman–Crippen MR) is 93.3 cm³/mol. The van der Waals surface area contributed by atoms with Gasteiger partial charge in [-0.2, -0.15) is 5.10 Å². The molecule has 0 spiro atoms. The van der Waals surface area contributed by atoms with Gasteiger partial charge in [0.2, 0.25) is 5.91 Å². The van der Waals surface area contributed by atoms with Gasteiger partial charge in [0.25, 0.3) is 0 Å². The van der Waals surface area contributed by atoms with E-state index in [-0.39, 0.29) is 24.0 Å². The zero-order valence-corrected chi connectivity index (χ0v) is 13.8. The Morgan fingerprint density at radius 3 is 2.83 bits per heavy atom. The zero-order chi connectivity index (χ0) is 16.9. The lowest BCUT2D eigenvalue weighted by atomic mass is 10.2. The Morgan fingerprint density at radius 2 is 2.08 bits per heavy atom. The van der Waals surface area contributed by atoms with E-state index in [1.807, 2.05) is 18.2 Å². The van der Waals surface area contributed by atoms with E-state index in [1.54, 1.807) is 31.3 Å². The lowest BCUT2D eigenvalue weighted by Gasteiger charge is -2.15. The first kappa shape index (κ1) is 16.3. The molecule has 0 saturated carbocycles. The maximum atomic E-state index is 13.8. The van der Waals surface area contributed by atoms with Gasteiger partial charge in [-0.25, -0.2) is 4.39 Å². The van der Waals surface area contributed by atoms with Crippen molar-refractivity contribution in [3.05, 3.63) is 65.7 Å². The van der Waals surface area contributed by atoms with Crippen LogP contribution in [0.25, 0.3) is 0 Å². The Kier molecular flexibility index (Phi) is 5.00. The maximum Gasteiger partial charge on any atom is 0.239 e. The highest BCUT2D eigenvalue weighted by Gasteiger charge is 2.29. The molecule has 122 valence electrons. The number of hydrogen-bond donors (Lipinski definition) is 0. The summed E-state index contributed by atoms with van der Waals surface area (Å²) in [4.78, 5) is 17.7. The van der Waals surface area contributed by atoms with Crippen LogP contribution in [0.5, 0.6) is 0 Å². The van der Waals surface area contributed by atoms with Crippen molar-refractivity contribution in [2.24, 2.45) is 10.2 Å². The molecule has 1 aliphatic heterocycles. The van der Waals surface area contributed by atoms with E-state index >= 15 is 0 Å². The fraction of sp³-hybridized carbons (Fsp3) is 0.176. The van der Waals surface area contributed by atoms with E-state index in [1.165, 1.54) is 22.7 Å². The van der Waals surface area contributed by atoms with Crippen molar-refractivity contribution in [2.75, 3.05) is 5.75 Å². The zero-order valence-electron chi connectivity index (χ0n) is 13.0. The van der Waals surface area contributed by atoms with Crippen molar-refractivity contribution in [1.82, 2.24) is 9.88 Å². The number of rotatable bonds is 4. The summed E-state index contributed by atoms with van der Waals surface area (Å²) in [6.45, 7) is 1.95. The summed E-state index contributed by atoms with van der Waals surface area (Å²) in [5, 5.41) is 8.80. The van der Waals surface area contributed by atoms with Crippen molar-refractivity contribution in [3.8, 4) is 0 Å².